The number of nitrogens with zero attached hydrogens (tertiary/aromatic N) is 1. The molecule has 1 amide bonds. The summed E-state index contributed by atoms with van der Waals surface area (Å²) in [7, 11) is 7.14. The van der Waals surface area contributed by atoms with Crippen molar-refractivity contribution >= 4 is 5.91 Å². The van der Waals surface area contributed by atoms with Crippen LogP contribution >= 0.6 is 0 Å². The van der Waals surface area contributed by atoms with Crippen LogP contribution in [0.2, 0.25) is 0 Å². The zero-order valence-electron chi connectivity index (χ0n) is 17.7. The molecule has 1 saturated heterocycles. The zero-order valence-corrected chi connectivity index (χ0v) is 17.7. The molecule has 0 spiro atoms. The van der Waals surface area contributed by atoms with Gasteiger partial charge in [0.2, 0.25) is 5.75 Å². The van der Waals surface area contributed by atoms with Gasteiger partial charge in [0.15, 0.2) is 11.5 Å². The van der Waals surface area contributed by atoms with Crippen LogP contribution in [-0.2, 0) is 4.74 Å². The van der Waals surface area contributed by atoms with Crippen molar-refractivity contribution in [2.45, 2.75) is 38.8 Å². The molecule has 1 aromatic carbocycles. The summed E-state index contributed by atoms with van der Waals surface area (Å²) in [5, 5.41) is 3.04. The van der Waals surface area contributed by atoms with Crippen LogP contribution in [0.15, 0.2) is 12.1 Å². The van der Waals surface area contributed by atoms with Crippen LogP contribution in [0.4, 0.5) is 0 Å². The first-order valence-corrected chi connectivity index (χ1v) is 9.95. The Kier molecular flexibility index (Phi) is 8.86. The van der Waals surface area contributed by atoms with Gasteiger partial charge in [-0.15, -0.1) is 0 Å². The quantitative estimate of drug-likeness (QED) is 0.616. The van der Waals surface area contributed by atoms with Gasteiger partial charge in [0, 0.05) is 18.7 Å². The lowest BCUT2D eigenvalue weighted by Gasteiger charge is -2.33. The number of rotatable bonds is 10. The maximum atomic E-state index is 12.7. The van der Waals surface area contributed by atoms with Crippen LogP contribution in [-0.4, -0.2) is 65.1 Å². The van der Waals surface area contributed by atoms with E-state index in [2.05, 4.69) is 17.1 Å². The van der Waals surface area contributed by atoms with E-state index in [0.29, 0.717) is 41.9 Å². The minimum atomic E-state index is -0.149. The lowest BCUT2D eigenvalue weighted by molar-refractivity contribution is -0.0821. The van der Waals surface area contributed by atoms with Crippen molar-refractivity contribution < 1.29 is 23.7 Å². The molecule has 1 N–H and O–H groups in total. The maximum Gasteiger partial charge on any atom is 0.251 e. The van der Waals surface area contributed by atoms with E-state index in [4.69, 9.17) is 18.9 Å². The molecule has 0 saturated carbocycles. The number of hydrogen-bond acceptors (Lipinski definition) is 6. The number of unbranched alkanes of at least 4 members (excludes halogenated alkanes) is 1. The number of carbonyl (C=O) groups excluding carboxylic acids is 1. The van der Waals surface area contributed by atoms with Gasteiger partial charge in [0.25, 0.3) is 5.91 Å². The summed E-state index contributed by atoms with van der Waals surface area (Å²) in [5.74, 6) is 1.78. The van der Waals surface area contributed by atoms with Gasteiger partial charge < -0.3 is 24.3 Å². The number of amides is 1. The first-order valence-electron chi connectivity index (χ1n) is 9.95. The Bertz CT molecular complexity index is 610. The van der Waals surface area contributed by atoms with Gasteiger partial charge in [-0.2, -0.15) is 0 Å². The molecular formula is C21H34N2O5. The fraction of sp³-hybridized carbons (Fsp3) is 0.667. The second-order valence-electron chi connectivity index (χ2n) is 7.30. The van der Waals surface area contributed by atoms with Crippen molar-refractivity contribution in [1.29, 1.82) is 0 Å². The Morgan fingerprint density at radius 2 is 1.93 bits per heavy atom. The minimum Gasteiger partial charge on any atom is -0.493 e. The predicted octanol–water partition coefficient (Wildman–Crippen LogP) is 2.93. The van der Waals surface area contributed by atoms with E-state index in [0.717, 1.165) is 32.3 Å². The van der Waals surface area contributed by atoms with Crippen LogP contribution in [0, 0.1) is 5.92 Å². The van der Waals surface area contributed by atoms with E-state index in [1.54, 1.807) is 26.4 Å². The summed E-state index contributed by atoms with van der Waals surface area (Å²) in [6.45, 7) is 4.01. The number of nitrogens with one attached hydrogen (secondary N) is 1. The number of ether oxygens (including phenoxy) is 4. The van der Waals surface area contributed by atoms with E-state index in [1.807, 2.05) is 14.1 Å². The van der Waals surface area contributed by atoms with Gasteiger partial charge in [0.05, 0.1) is 20.8 Å². The van der Waals surface area contributed by atoms with Crippen molar-refractivity contribution in [3.05, 3.63) is 17.7 Å². The van der Waals surface area contributed by atoms with Crippen molar-refractivity contribution in [3.63, 3.8) is 0 Å². The molecule has 1 aliphatic rings. The SMILES string of the molecule is CCCCOc1c(OC)cc(C(=O)NCC2CCOC(N(C)C)C2)cc1OC. The summed E-state index contributed by atoms with van der Waals surface area (Å²) in [6, 6.07) is 3.40. The molecule has 2 atom stereocenters. The average Bonchev–Trinajstić information content (AvgIpc) is 2.72. The highest BCUT2D eigenvalue weighted by molar-refractivity contribution is 5.95. The Morgan fingerprint density at radius 3 is 2.50 bits per heavy atom. The molecule has 0 aromatic heterocycles. The summed E-state index contributed by atoms with van der Waals surface area (Å²) < 4.78 is 22.4. The fourth-order valence-electron chi connectivity index (χ4n) is 3.20. The molecule has 2 unspecified atom stereocenters. The molecule has 1 heterocycles. The van der Waals surface area contributed by atoms with E-state index in [-0.39, 0.29) is 12.1 Å². The highest BCUT2D eigenvalue weighted by atomic mass is 16.5. The lowest BCUT2D eigenvalue weighted by atomic mass is 9.98. The molecule has 7 heteroatoms. The number of methoxy groups -OCH3 is 2. The normalized spacial score (nSPS) is 19.4. The van der Waals surface area contributed by atoms with E-state index < -0.39 is 0 Å². The molecule has 0 aliphatic carbocycles. The third-order valence-corrected chi connectivity index (χ3v) is 4.97. The second-order valence-corrected chi connectivity index (χ2v) is 7.30. The number of benzene rings is 1. The first-order chi connectivity index (χ1) is 13.5. The predicted molar refractivity (Wildman–Crippen MR) is 108 cm³/mol. The number of hydrogen-bond donors (Lipinski definition) is 1. The van der Waals surface area contributed by atoms with Gasteiger partial charge in [0.1, 0.15) is 6.23 Å². The topological polar surface area (TPSA) is 69.3 Å². The maximum absolute atomic E-state index is 12.7. The highest BCUT2D eigenvalue weighted by Crippen LogP contribution is 2.38. The Hall–Kier alpha value is -1.99. The molecular weight excluding hydrogens is 360 g/mol. The molecule has 2 rings (SSSR count). The van der Waals surface area contributed by atoms with Crippen LogP contribution in [0.5, 0.6) is 17.2 Å². The van der Waals surface area contributed by atoms with Gasteiger partial charge in [-0.3, -0.25) is 9.69 Å². The smallest absolute Gasteiger partial charge is 0.251 e. The standard InChI is InChI=1S/C21H34N2O5/c1-6-7-9-28-20-17(25-4)12-16(13-18(20)26-5)21(24)22-14-15-8-10-27-19(11-15)23(2)3/h12-13,15,19H,6-11,14H2,1-5H3,(H,22,24). The summed E-state index contributed by atoms with van der Waals surface area (Å²) in [4.78, 5) is 14.8. The fourth-order valence-corrected chi connectivity index (χ4v) is 3.20. The third kappa shape index (κ3) is 6.01. The summed E-state index contributed by atoms with van der Waals surface area (Å²) in [5.41, 5.74) is 0.493. The van der Waals surface area contributed by atoms with Gasteiger partial charge in [-0.25, -0.2) is 0 Å². The molecule has 0 bridgehead atoms. The van der Waals surface area contributed by atoms with Crippen LogP contribution in [0.1, 0.15) is 43.0 Å². The zero-order chi connectivity index (χ0) is 20.5. The minimum absolute atomic E-state index is 0.107. The summed E-state index contributed by atoms with van der Waals surface area (Å²) in [6.07, 6.45) is 3.93. The van der Waals surface area contributed by atoms with Crippen molar-refractivity contribution in [1.82, 2.24) is 10.2 Å². The third-order valence-electron chi connectivity index (χ3n) is 4.97. The Labute approximate surface area is 168 Å². The van der Waals surface area contributed by atoms with Crippen molar-refractivity contribution in [2.75, 3.05) is 48.1 Å². The molecule has 28 heavy (non-hydrogen) atoms. The van der Waals surface area contributed by atoms with Crippen molar-refractivity contribution in [3.8, 4) is 17.2 Å². The highest BCUT2D eigenvalue weighted by Gasteiger charge is 2.25. The molecule has 1 fully saturated rings. The molecule has 7 nitrogen and oxygen atoms in total. The molecule has 1 aromatic rings. The summed E-state index contributed by atoms with van der Waals surface area (Å²) >= 11 is 0. The largest absolute Gasteiger partial charge is 0.493 e. The number of carbonyl (C=O) groups is 1. The monoisotopic (exact) mass is 394 g/mol. The Morgan fingerprint density at radius 1 is 1.25 bits per heavy atom. The average molecular weight is 395 g/mol. The van der Waals surface area contributed by atoms with Gasteiger partial charge in [-0.05, 0) is 51.4 Å². The van der Waals surface area contributed by atoms with Crippen LogP contribution < -0.4 is 19.5 Å². The van der Waals surface area contributed by atoms with Gasteiger partial charge in [-0.1, -0.05) is 13.3 Å². The van der Waals surface area contributed by atoms with Crippen LogP contribution in [0.3, 0.4) is 0 Å². The molecule has 1 aliphatic heterocycles. The van der Waals surface area contributed by atoms with Crippen LogP contribution in [0.25, 0.3) is 0 Å². The molecule has 158 valence electrons. The lowest BCUT2D eigenvalue weighted by Crippen LogP contribution is -2.40. The van der Waals surface area contributed by atoms with E-state index >= 15 is 0 Å². The van der Waals surface area contributed by atoms with Gasteiger partial charge >= 0.3 is 0 Å². The molecule has 0 radical (unpaired) electrons. The first kappa shape index (κ1) is 22.3. The van der Waals surface area contributed by atoms with Crippen molar-refractivity contribution in [2.24, 2.45) is 5.92 Å². The van der Waals surface area contributed by atoms with E-state index in [9.17, 15) is 4.79 Å². The van der Waals surface area contributed by atoms with E-state index in [1.165, 1.54) is 0 Å². The second kappa shape index (κ2) is 11.1. The Balaban J connectivity index is 2.04.